The Hall–Kier alpha value is -1.97. The first-order chi connectivity index (χ1) is 13.9. The van der Waals surface area contributed by atoms with E-state index in [0.29, 0.717) is 34.4 Å². The molecule has 4 rings (SSSR count). The molecule has 1 saturated carbocycles. The van der Waals surface area contributed by atoms with Gasteiger partial charge in [-0.15, -0.1) is 11.3 Å². The van der Waals surface area contributed by atoms with Gasteiger partial charge < -0.3 is 9.84 Å². The van der Waals surface area contributed by atoms with Crippen LogP contribution in [0.1, 0.15) is 54.9 Å². The van der Waals surface area contributed by atoms with Gasteiger partial charge in [-0.3, -0.25) is 4.79 Å². The molecule has 1 N–H and O–H groups in total. The van der Waals surface area contributed by atoms with Gasteiger partial charge in [0.05, 0.1) is 0 Å². The van der Waals surface area contributed by atoms with Crippen LogP contribution in [-0.2, 0) is 14.8 Å². The number of carbonyl (C=O) groups excluding carboxylic acids is 1. The topological polar surface area (TPSA) is 92.5 Å². The number of thiophene rings is 1. The van der Waals surface area contributed by atoms with Crippen LogP contribution in [0.5, 0.6) is 0 Å². The number of rotatable bonds is 6. The number of carbonyl (C=O) groups is 1. The Kier molecular flexibility index (Phi) is 5.89. The van der Waals surface area contributed by atoms with Crippen LogP contribution in [0, 0.1) is 12.8 Å². The highest BCUT2D eigenvalue weighted by molar-refractivity contribution is 7.91. The average Bonchev–Trinajstić information content (AvgIpc) is 3.42. The summed E-state index contributed by atoms with van der Waals surface area (Å²) >= 11 is 1.24. The highest BCUT2D eigenvalue weighted by atomic mass is 32.2. The van der Waals surface area contributed by atoms with Crippen LogP contribution >= 0.6 is 11.3 Å². The molecule has 1 amide bonds. The molecule has 1 aliphatic heterocycles. The van der Waals surface area contributed by atoms with E-state index in [1.165, 1.54) is 11.3 Å². The lowest BCUT2D eigenvalue weighted by molar-refractivity contribution is -0.117. The zero-order valence-corrected chi connectivity index (χ0v) is 18.0. The molecule has 2 aromatic rings. The van der Waals surface area contributed by atoms with Crippen molar-refractivity contribution in [1.82, 2.24) is 9.46 Å². The van der Waals surface area contributed by atoms with E-state index in [-0.39, 0.29) is 11.8 Å². The molecule has 2 aliphatic rings. The van der Waals surface area contributed by atoms with Gasteiger partial charge in [-0.2, -0.15) is 4.31 Å². The van der Waals surface area contributed by atoms with Gasteiger partial charge in [0, 0.05) is 23.9 Å². The van der Waals surface area contributed by atoms with Gasteiger partial charge in [0.15, 0.2) is 5.76 Å². The summed E-state index contributed by atoms with van der Waals surface area (Å²) in [5, 5.41) is 6.83. The Balaban J connectivity index is 1.49. The molecule has 0 spiro atoms. The van der Waals surface area contributed by atoms with Crippen molar-refractivity contribution in [3.8, 4) is 0 Å². The highest BCUT2D eigenvalue weighted by Crippen LogP contribution is 2.32. The average molecular weight is 436 g/mol. The molecule has 0 bridgehead atoms. The molecule has 0 radical (unpaired) electrons. The lowest BCUT2D eigenvalue weighted by Gasteiger charge is -2.18. The Labute approximate surface area is 174 Å². The van der Waals surface area contributed by atoms with E-state index in [4.69, 9.17) is 4.52 Å². The minimum atomic E-state index is -3.44. The number of nitrogens with zero attached hydrogens (tertiary/aromatic N) is 2. The molecule has 0 atom stereocenters. The molecule has 2 fully saturated rings. The monoisotopic (exact) mass is 435 g/mol. The van der Waals surface area contributed by atoms with Gasteiger partial charge in [-0.25, -0.2) is 8.42 Å². The number of nitrogens with one attached hydrogen (secondary N) is 1. The number of aryl methyl sites for hydroxylation is 1. The maximum Gasteiger partial charge on any atom is 0.252 e. The zero-order valence-electron chi connectivity index (χ0n) is 16.4. The van der Waals surface area contributed by atoms with Crippen LogP contribution in [-0.4, -0.2) is 36.9 Å². The van der Waals surface area contributed by atoms with Crippen LogP contribution in [0.4, 0.5) is 5.69 Å². The van der Waals surface area contributed by atoms with E-state index >= 15 is 0 Å². The summed E-state index contributed by atoms with van der Waals surface area (Å²) in [5.41, 5.74) is 1.20. The van der Waals surface area contributed by atoms with Crippen molar-refractivity contribution in [2.24, 2.45) is 5.92 Å². The van der Waals surface area contributed by atoms with Crippen molar-refractivity contribution in [3.05, 3.63) is 28.5 Å². The first kappa shape index (κ1) is 20.3. The molecular weight excluding hydrogens is 410 g/mol. The molecule has 9 heteroatoms. The van der Waals surface area contributed by atoms with Crippen molar-refractivity contribution in [3.63, 3.8) is 0 Å². The number of hydrogen-bond donors (Lipinski definition) is 1. The van der Waals surface area contributed by atoms with Crippen LogP contribution in [0.3, 0.4) is 0 Å². The fraction of sp³-hybridized carbons (Fsp3) is 0.500. The highest BCUT2D eigenvalue weighted by Gasteiger charge is 2.31. The number of aromatic nitrogens is 1. The molecule has 2 aromatic heterocycles. The Bertz CT molecular complexity index is 1010. The van der Waals surface area contributed by atoms with Crippen LogP contribution in [0.2, 0.25) is 0 Å². The summed E-state index contributed by atoms with van der Waals surface area (Å²) in [6.07, 6.45) is 9.35. The lowest BCUT2D eigenvalue weighted by Crippen LogP contribution is -2.31. The van der Waals surface area contributed by atoms with E-state index in [9.17, 15) is 13.2 Å². The minimum absolute atomic E-state index is 0.00657. The molecule has 1 aliphatic carbocycles. The van der Waals surface area contributed by atoms with Crippen LogP contribution in [0.25, 0.3) is 12.2 Å². The smallest absolute Gasteiger partial charge is 0.252 e. The maximum absolute atomic E-state index is 12.9. The second-order valence-electron chi connectivity index (χ2n) is 7.58. The van der Waals surface area contributed by atoms with Gasteiger partial charge in [-0.1, -0.05) is 18.0 Å². The second kappa shape index (κ2) is 8.41. The quantitative estimate of drug-likeness (QED) is 0.736. The molecule has 1 saturated heterocycles. The lowest BCUT2D eigenvalue weighted by atomic mass is 10.2. The third-order valence-electron chi connectivity index (χ3n) is 5.25. The Morgan fingerprint density at radius 1 is 1.21 bits per heavy atom. The van der Waals surface area contributed by atoms with E-state index in [1.807, 2.05) is 0 Å². The van der Waals surface area contributed by atoms with E-state index in [0.717, 1.165) is 43.4 Å². The molecule has 7 nitrogen and oxygen atoms in total. The summed E-state index contributed by atoms with van der Waals surface area (Å²) in [6.45, 7) is 2.96. The van der Waals surface area contributed by atoms with Crippen LogP contribution in [0.15, 0.2) is 20.9 Å². The van der Waals surface area contributed by atoms with Gasteiger partial charge in [0.1, 0.15) is 15.6 Å². The van der Waals surface area contributed by atoms with Crippen molar-refractivity contribution < 1.29 is 17.7 Å². The molecule has 3 heterocycles. The number of amides is 1. The normalized spacial score (nSPS) is 18.8. The molecule has 0 aromatic carbocycles. The first-order valence-corrected chi connectivity index (χ1v) is 12.3. The Morgan fingerprint density at radius 2 is 1.93 bits per heavy atom. The number of sulfonamides is 1. The van der Waals surface area contributed by atoms with Gasteiger partial charge in [0.2, 0.25) is 5.91 Å². The summed E-state index contributed by atoms with van der Waals surface area (Å²) in [4.78, 5) is 12.9. The van der Waals surface area contributed by atoms with Gasteiger partial charge in [0.25, 0.3) is 10.0 Å². The third kappa shape index (κ3) is 4.62. The van der Waals surface area contributed by atoms with Gasteiger partial charge in [-0.05, 0) is 56.9 Å². The van der Waals surface area contributed by atoms with Crippen molar-refractivity contribution in [2.45, 2.75) is 49.7 Å². The SMILES string of the molecule is Cc1noc(/C=C/c2ccc(S(=O)(=O)N3CCCCCC3)s2)c1NC(=O)C1CC1. The summed E-state index contributed by atoms with van der Waals surface area (Å²) in [6, 6.07) is 3.45. The zero-order chi connectivity index (χ0) is 20.4. The van der Waals surface area contributed by atoms with Crippen LogP contribution < -0.4 is 5.32 Å². The molecular formula is C20H25N3O4S2. The molecule has 29 heavy (non-hydrogen) atoms. The van der Waals surface area contributed by atoms with E-state index in [1.54, 1.807) is 35.5 Å². The predicted octanol–water partition coefficient (Wildman–Crippen LogP) is 4.13. The first-order valence-electron chi connectivity index (χ1n) is 10.0. The summed E-state index contributed by atoms with van der Waals surface area (Å²) in [7, 11) is -3.44. The number of hydrogen-bond acceptors (Lipinski definition) is 6. The summed E-state index contributed by atoms with van der Waals surface area (Å²) < 4.78 is 33.1. The largest absolute Gasteiger partial charge is 0.354 e. The van der Waals surface area contributed by atoms with Gasteiger partial charge >= 0.3 is 0 Å². The van der Waals surface area contributed by atoms with Crippen molar-refractivity contribution in [1.29, 1.82) is 0 Å². The predicted molar refractivity (Wildman–Crippen MR) is 113 cm³/mol. The maximum atomic E-state index is 12.9. The fourth-order valence-corrected chi connectivity index (χ4v) is 6.25. The molecule has 0 unspecified atom stereocenters. The standard InChI is InChI=1S/C20H25N3O4S2/c1-14-19(21-20(24)15-6-7-15)17(27-22-14)10-8-16-9-11-18(28-16)29(25,26)23-12-4-2-3-5-13-23/h8-11,15H,2-7,12-13H2,1H3,(H,21,24)/b10-8+. The van der Waals surface area contributed by atoms with Crippen molar-refractivity contribution in [2.75, 3.05) is 18.4 Å². The summed E-state index contributed by atoms with van der Waals surface area (Å²) in [5.74, 6) is 0.542. The Morgan fingerprint density at radius 3 is 2.62 bits per heavy atom. The van der Waals surface area contributed by atoms with E-state index < -0.39 is 10.0 Å². The second-order valence-corrected chi connectivity index (χ2v) is 10.9. The minimum Gasteiger partial charge on any atom is -0.354 e. The van der Waals surface area contributed by atoms with E-state index in [2.05, 4.69) is 10.5 Å². The van der Waals surface area contributed by atoms with Crippen molar-refractivity contribution >= 4 is 45.1 Å². The third-order valence-corrected chi connectivity index (χ3v) is 8.66. The fourth-order valence-electron chi connectivity index (χ4n) is 3.35. The molecule has 156 valence electrons. The number of anilines is 1.